The number of hydrogen-bond acceptors (Lipinski definition) is 2. The predicted molar refractivity (Wildman–Crippen MR) is 80.4 cm³/mol. The Bertz CT molecular complexity index is 583. The highest BCUT2D eigenvalue weighted by atomic mass is 79.9. The molecule has 1 atom stereocenters. The third-order valence-electron chi connectivity index (χ3n) is 3.48. The van der Waals surface area contributed by atoms with Crippen LogP contribution in [0.15, 0.2) is 46.9 Å². The molecule has 0 saturated carbocycles. The van der Waals surface area contributed by atoms with Gasteiger partial charge in [-0.05, 0) is 29.7 Å². The fraction of sp³-hybridized carbons (Fsp3) is 0.250. The summed E-state index contributed by atoms with van der Waals surface area (Å²) in [5.41, 5.74) is 9.98. The molecule has 0 bridgehead atoms. The lowest BCUT2D eigenvalue weighted by Crippen LogP contribution is -2.14. The molecule has 1 heterocycles. The summed E-state index contributed by atoms with van der Waals surface area (Å²) in [5, 5.41) is 0. The lowest BCUT2D eigenvalue weighted by molar-refractivity contribution is 0.351. The van der Waals surface area contributed by atoms with E-state index in [4.69, 9.17) is 10.5 Å². The highest BCUT2D eigenvalue weighted by Crippen LogP contribution is 2.36. The Morgan fingerprint density at radius 3 is 2.79 bits per heavy atom. The van der Waals surface area contributed by atoms with Crippen LogP contribution < -0.4 is 10.5 Å². The molecule has 0 radical (unpaired) electrons. The standard InChI is InChI=1S/C16H16BrNO/c17-13-9-12-6-7-19-16(12)14(10-13)15(18)8-11-4-2-1-3-5-11/h1-5,9-10,15H,6-8,18H2. The van der Waals surface area contributed by atoms with Crippen molar-refractivity contribution in [2.24, 2.45) is 5.73 Å². The second kappa shape index (κ2) is 5.35. The van der Waals surface area contributed by atoms with E-state index in [-0.39, 0.29) is 6.04 Å². The molecule has 1 aliphatic rings. The van der Waals surface area contributed by atoms with E-state index in [0.29, 0.717) is 0 Å². The Morgan fingerprint density at radius 2 is 2.00 bits per heavy atom. The summed E-state index contributed by atoms with van der Waals surface area (Å²) in [6, 6.07) is 14.5. The predicted octanol–water partition coefficient (Wildman–Crippen LogP) is 3.63. The molecule has 19 heavy (non-hydrogen) atoms. The van der Waals surface area contributed by atoms with Crippen LogP contribution in [0.5, 0.6) is 5.75 Å². The third-order valence-corrected chi connectivity index (χ3v) is 3.93. The van der Waals surface area contributed by atoms with Gasteiger partial charge in [-0.3, -0.25) is 0 Å². The van der Waals surface area contributed by atoms with Crippen LogP contribution in [-0.4, -0.2) is 6.61 Å². The van der Waals surface area contributed by atoms with Gasteiger partial charge in [0.25, 0.3) is 0 Å². The largest absolute Gasteiger partial charge is 0.493 e. The molecule has 2 aromatic rings. The van der Waals surface area contributed by atoms with Crippen LogP contribution in [0.25, 0.3) is 0 Å². The minimum absolute atomic E-state index is 0.0354. The molecule has 3 rings (SSSR count). The fourth-order valence-electron chi connectivity index (χ4n) is 2.55. The number of hydrogen-bond donors (Lipinski definition) is 1. The van der Waals surface area contributed by atoms with Crippen molar-refractivity contribution >= 4 is 15.9 Å². The Balaban J connectivity index is 1.90. The topological polar surface area (TPSA) is 35.2 Å². The van der Waals surface area contributed by atoms with Crippen molar-refractivity contribution in [3.63, 3.8) is 0 Å². The van der Waals surface area contributed by atoms with Crippen molar-refractivity contribution in [2.75, 3.05) is 6.61 Å². The van der Waals surface area contributed by atoms with Crippen LogP contribution in [0.4, 0.5) is 0 Å². The molecule has 3 heteroatoms. The molecule has 0 aliphatic carbocycles. The molecule has 2 nitrogen and oxygen atoms in total. The van der Waals surface area contributed by atoms with E-state index in [1.807, 2.05) is 18.2 Å². The molecule has 0 aromatic heterocycles. The van der Waals surface area contributed by atoms with Gasteiger partial charge in [-0.2, -0.15) is 0 Å². The van der Waals surface area contributed by atoms with E-state index in [1.165, 1.54) is 11.1 Å². The molecular formula is C16H16BrNO. The lowest BCUT2D eigenvalue weighted by atomic mass is 9.97. The van der Waals surface area contributed by atoms with E-state index in [1.54, 1.807) is 0 Å². The van der Waals surface area contributed by atoms with Gasteiger partial charge < -0.3 is 10.5 Å². The molecule has 1 unspecified atom stereocenters. The fourth-order valence-corrected chi connectivity index (χ4v) is 3.07. The Kier molecular flexibility index (Phi) is 3.58. The zero-order chi connectivity index (χ0) is 13.2. The van der Waals surface area contributed by atoms with Crippen LogP contribution >= 0.6 is 15.9 Å². The van der Waals surface area contributed by atoms with E-state index >= 15 is 0 Å². The Labute approximate surface area is 121 Å². The van der Waals surface area contributed by atoms with Crippen LogP contribution in [0.3, 0.4) is 0 Å². The second-order valence-electron chi connectivity index (χ2n) is 4.88. The van der Waals surface area contributed by atoms with Gasteiger partial charge in [0, 0.05) is 22.5 Å². The quantitative estimate of drug-likeness (QED) is 0.938. The van der Waals surface area contributed by atoms with Crippen molar-refractivity contribution in [3.8, 4) is 5.75 Å². The first-order chi connectivity index (χ1) is 9.24. The first-order valence-electron chi connectivity index (χ1n) is 6.48. The number of halogens is 1. The normalized spacial score (nSPS) is 14.8. The van der Waals surface area contributed by atoms with Crippen LogP contribution in [0.1, 0.15) is 22.7 Å². The summed E-state index contributed by atoms with van der Waals surface area (Å²) in [7, 11) is 0. The van der Waals surface area contributed by atoms with Crippen molar-refractivity contribution < 1.29 is 4.74 Å². The van der Waals surface area contributed by atoms with Gasteiger partial charge in [0.05, 0.1) is 6.61 Å². The third kappa shape index (κ3) is 2.67. The molecule has 0 amide bonds. The highest BCUT2D eigenvalue weighted by Gasteiger charge is 2.21. The highest BCUT2D eigenvalue weighted by molar-refractivity contribution is 9.10. The average Bonchev–Trinajstić information content (AvgIpc) is 2.86. The number of nitrogens with two attached hydrogens (primary N) is 1. The zero-order valence-corrected chi connectivity index (χ0v) is 12.2. The van der Waals surface area contributed by atoms with E-state index in [9.17, 15) is 0 Å². The first-order valence-corrected chi connectivity index (χ1v) is 7.28. The summed E-state index contributed by atoms with van der Waals surface area (Å²) >= 11 is 3.56. The minimum atomic E-state index is -0.0354. The van der Waals surface area contributed by atoms with E-state index in [0.717, 1.165) is 35.2 Å². The number of benzene rings is 2. The first kappa shape index (κ1) is 12.7. The molecule has 98 valence electrons. The molecular weight excluding hydrogens is 302 g/mol. The summed E-state index contributed by atoms with van der Waals surface area (Å²) in [6.07, 6.45) is 1.80. The number of rotatable bonds is 3. The van der Waals surface area contributed by atoms with Gasteiger partial charge in [0.1, 0.15) is 5.75 Å². The number of fused-ring (bicyclic) bond motifs is 1. The summed E-state index contributed by atoms with van der Waals surface area (Å²) in [4.78, 5) is 0. The Morgan fingerprint density at radius 1 is 1.21 bits per heavy atom. The maximum absolute atomic E-state index is 6.37. The van der Waals surface area contributed by atoms with E-state index in [2.05, 4.69) is 40.2 Å². The average molecular weight is 318 g/mol. The van der Waals surface area contributed by atoms with Crippen LogP contribution in [0, 0.1) is 0 Å². The van der Waals surface area contributed by atoms with Gasteiger partial charge in [0.15, 0.2) is 0 Å². The van der Waals surface area contributed by atoms with Crippen molar-refractivity contribution in [1.29, 1.82) is 0 Å². The molecule has 0 fully saturated rings. The zero-order valence-electron chi connectivity index (χ0n) is 10.6. The van der Waals surface area contributed by atoms with Gasteiger partial charge >= 0.3 is 0 Å². The molecule has 2 aromatic carbocycles. The van der Waals surface area contributed by atoms with Crippen LogP contribution in [-0.2, 0) is 12.8 Å². The SMILES string of the molecule is NC(Cc1ccccc1)c1cc(Br)cc2c1OCC2. The number of ether oxygens (including phenoxy) is 1. The Hall–Kier alpha value is -1.32. The summed E-state index contributed by atoms with van der Waals surface area (Å²) < 4.78 is 6.82. The second-order valence-corrected chi connectivity index (χ2v) is 5.79. The van der Waals surface area contributed by atoms with Crippen molar-refractivity contribution in [3.05, 3.63) is 63.6 Å². The van der Waals surface area contributed by atoms with Gasteiger partial charge in [-0.1, -0.05) is 46.3 Å². The molecule has 0 spiro atoms. The van der Waals surface area contributed by atoms with Crippen molar-refractivity contribution in [1.82, 2.24) is 0 Å². The lowest BCUT2D eigenvalue weighted by Gasteiger charge is -2.16. The molecule has 1 aliphatic heterocycles. The van der Waals surface area contributed by atoms with Crippen molar-refractivity contribution in [2.45, 2.75) is 18.9 Å². The van der Waals surface area contributed by atoms with Crippen LogP contribution in [0.2, 0.25) is 0 Å². The van der Waals surface area contributed by atoms with E-state index < -0.39 is 0 Å². The summed E-state index contributed by atoms with van der Waals surface area (Å²) in [5.74, 6) is 0.992. The molecule has 2 N–H and O–H groups in total. The maximum atomic E-state index is 6.37. The van der Waals surface area contributed by atoms with Gasteiger partial charge in [0.2, 0.25) is 0 Å². The van der Waals surface area contributed by atoms with Gasteiger partial charge in [-0.15, -0.1) is 0 Å². The minimum Gasteiger partial charge on any atom is -0.493 e. The van der Waals surface area contributed by atoms with Gasteiger partial charge in [-0.25, -0.2) is 0 Å². The monoisotopic (exact) mass is 317 g/mol. The maximum Gasteiger partial charge on any atom is 0.127 e. The summed E-state index contributed by atoms with van der Waals surface area (Å²) in [6.45, 7) is 0.761. The smallest absolute Gasteiger partial charge is 0.127 e. The molecule has 0 saturated heterocycles.